The minimum absolute atomic E-state index is 0.495. The molecule has 1 atom stereocenters. The standard InChI is InChI=1S/C24H18N4OS2/c25-31(29,19-10-2-1-3-11-19)22-14-7-6-13-21(22)30-23-17-18-9-4-5-12-20(18)28(23)24-26-15-8-16-27-24/h1-17,25H. The molecule has 1 N–H and O–H groups in total. The van der Waals surface area contributed by atoms with Gasteiger partial charge in [-0.05, 0) is 42.5 Å². The third-order valence-corrected chi connectivity index (χ3v) is 8.00. The lowest BCUT2D eigenvalue weighted by Gasteiger charge is -2.14. The summed E-state index contributed by atoms with van der Waals surface area (Å²) >= 11 is 1.47. The molecule has 5 rings (SSSR count). The zero-order valence-corrected chi connectivity index (χ0v) is 18.0. The van der Waals surface area contributed by atoms with E-state index in [1.165, 1.54) is 11.8 Å². The number of hydrogen-bond acceptors (Lipinski definition) is 5. The van der Waals surface area contributed by atoms with Crippen LogP contribution in [0.5, 0.6) is 0 Å². The molecule has 7 heteroatoms. The van der Waals surface area contributed by atoms with Crippen LogP contribution in [0, 0.1) is 4.78 Å². The highest BCUT2D eigenvalue weighted by Gasteiger charge is 2.20. The predicted molar refractivity (Wildman–Crippen MR) is 123 cm³/mol. The molecule has 1 unspecified atom stereocenters. The molecule has 0 aliphatic carbocycles. The number of rotatable bonds is 5. The van der Waals surface area contributed by atoms with Crippen molar-refractivity contribution < 1.29 is 4.21 Å². The van der Waals surface area contributed by atoms with Crippen LogP contribution in [0.1, 0.15) is 0 Å². The molecule has 0 aliphatic heterocycles. The van der Waals surface area contributed by atoms with Crippen molar-refractivity contribution in [3.05, 3.63) is 103 Å². The topological polar surface area (TPSA) is 71.6 Å². The SMILES string of the molecule is N=S(=O)(c1ccccc1)c1ccccc1Sc1cc2ccccc2n1-c1ncccn1. The Morgan fingerprint density at radius 2 is 1.48 bits per heavy atom. The van der Waals surface area contributed by atoms with Crippen LogP contribution >= 0.6 is 11.8 Å². The second-order valence-corrected chi connectivity index (χ2v) is 9.93. The van der Waals surface area contributed by atoms with E-state index in [0.717, 1.165) is 20.8 Å². The van der Waals surface area contributed by atoms with Crippen molar-refractivity contribution in [3.63, 3.8) is 0 Å². The Bertz CT molecular complexity index is 1460. The predicted octanol–water partition coefficient (Wildman–Crippen LogP) is 6.04. The molecular formula is C24H18N4OS2. The monoisotopic (exact) mass is 442 g/mol. The van der Waals surface area contributed by atoms with E-state index in [1.54, 1.807) is 36.7 Å². The van der Waals surface area contributed by atoms with Gasteiger partial charge in [-0.3, -0.25) is 4.57 Å². The van der Waals surface area contributed by atoms with Crippen LogP contribution < -0.4 is 0 Å². The van der Waals surface area contributed by atoms with Gasteiger partial charge in [0, 0.05) is 22.7 Å². The van der Waals surface area contributed by atoms with Crippen molar-refractivity contribution in [2.75, 3.05) is 0 Å². The fourth-order valence-electron chi connectivity index (χ4n) is 3.44. The third kappa shape index (κ3) is 3.62. The molecule has 0 saturated carbocycles. The second kappa shape index (κ2) is 8.02. The Kier molecular flexibility index (Phi) is 5.05. The van der Waals surface area contributed by atoms with Gasteiger partial charge < -0.3 is 0 Å². The molecule has 0 amide bonds. The third-order valence-electron chi connectivity index (χ3n) is 4.88. The highest BCUT2D eigenvalue weighted by atomic mass is 32.2. The lowest BCUT2D eigenvalue weighted by atomic mass is 10.2. The summed E-state index contributed by atoms with van der Waals surface area (Å²) in [6.07, 6.45) is 3.43. The fourth-order valence-corrected chi connectivity index (χ4v) is 6.33. The Balaban J connectivity index is 1.66. The first kappa shape index (κ1) is 19.5. The summed E-state index contributed by atoms with van der Waals surface area (Å²) in [5.41, 5.74) is 0.989. The van der Waals surface area contributed by atoms with E-state index < -0.39 is 9.73 Å². The smallest absolute Gasteiger partial charge is 0.234 e. The number of para-hydroxylation sites is 1. The lowest BCUT2D eigenvalue weighted by molar-refractivity contribution is 0.673. The summed E-state index contributed by atoms with van der Waals surface area (Å²) in [6.45, 7) is 0. The Hall–Kier alpha value is -3.42. The van der Waals surface area contributed by atoms with Gasteiger partial charge in [0.25, 0.3) is 0 Å². The summed E-state index contributed by atoms with van der Waals surface area (Å²) in [5.74, 6) is 0.568. The molecule has 0 fully saturated rings. The zero-order chi connectivity index (χ0) is 21.3. The van der Waals surface area contributed by atoms with E-state index in [1.807, 2.05) is 65.2 Å². The maximum Gasteiger partial charge on any atom is 0.234 e. The molecule has 0 radical (unpaired) electrons. The highest BCUT2D eigenvalue weighted by molar-refractivity contribution is 8.00. The van der Waals surface area contributed by atoms with Crippen LogP contribution in [0.15, 0.2) is 123 Å². The molecule has 31 heavy (non-hydrogen) atoms. The molecule has 152 valence electrons. The van der Waals surface area contributed by atoms with Gasteiger partial charge in [0.1, 0.15) is 9.73 Å². The first-order valence-corrected chi connectivity index (χ1v) is 12.0. The number of nitrogens with one attached hydrogen (secondary N) is 1. The molecule has 0 aliphatic rings. The first-order chi connectivity index (χ1) is 15.1. The van der Waals surface area contributed by atoms with Crippen LogP contribution in [0.4, 0.5) is 0 Å². The Labute approximate surface area is 184 Å². The summed E-state index contributed by atoms with van der Waals surface area (Å²) in [6, 6.07) is 28.3. The molecule has 5 aromatic rings. The molecule has 0 bridgehead atoms. The number of hydrogen-bond donors (Lipinski definition) is 1. The maximum atomic E-state index is 13.5. The van der Waals surface area contributed by atoms with Crippen LogP contribution in [0.25, 0.3) is 16.9 Å². The fraction of sp³-hybridized carbons (Fsp3) is 0. The summed E-state index contributed by atoms with van der Waals surface area (Å²) < 4.78 is 24.3. The molecular weight excluding hydrogens is 424 g/mol. The highest BCUT2D eigenvalue weighted by Crippen LogP contribution is 2.38. The van der Waals surface area contributed by atoms with E-state index in [2.05, 4.69) is 16.0 Å². The average molecular weight is 443 g/mol. The van der Waals surface area contributed by atoms with Gasteiger partial charge in [-0.25, -0.2) is 19.0 Å². The van der Waals surface area contributed by atoms with Gasteiger partial charge in [0.05, 0.1) is 20.3 Å². The number of benzene rings is 3. The van der Waals surface area contributed by atoms with Gasteiger partial charge in [-0.15, -0.1) is 0 Å². The van der Waals surface area contributed by atoms with Crippen molar-refractivity contribution in [1.29, 1.82) is 4.78 Å². The zero-order valence-electron chi connectivity index (χ0n) is 16.4. The molecule has 0 saturated heterocycles. The minimum atomic E-state index is -3.16. The molecule has 2 heterocycles. The van der Waals surface area contributed by atoms with Crippen molar-refractivity contribution in [1.82, 2.24) is 14.5 Å². The second-order valence-electron chi connectivity index (χ2n) is 6.84. The van der Waals surface area contributed by atoms with Crippen LogP contribution in [-0.4, -0.2) is 18.7 Å². The van der Waals surface area contributed by atoms with Crippen LogP contribution in [0.2, 0.25) is 0 Å². The van der Waals surface area contributed by atoms with Gasteiger partial charge in [-0.1, -0.05) is 60.3 Å². The van der Waals surface area contributed by atoms with E-state index >= 15 is 0 Å². The normalized spacial score (nSPS) is 13.2. The van der Waals surface area contributed by atoms with E-state index in [9.17, 15) is 4.21 Å². The first-order valence-electron chi connectivity index (χ1n) is 9.63. The molecule has 3 aromatic carbocycles. The quantitative estimate of drug-likeness (QED) is 0.360. The maximum absolute atomic E-state index is 13.5. The van der Waals surface area contributed by atoms with Crippen molar-refractivity contribution >= 4 is 32.4 Å². The summed E-state index contributed by atoms with van der Waals surface area (Å²) in [7, 11) is -3.16. The van der Waals surface area contributed by atoms with Gasteiger partial charge >= 0.3 is 0 Å². The molecule has 5 nitrogen and oxygen atoms in total. The Morgan fingerprint density at radius 3 is 2.29 bits per heavy atom. The van der Waals surface area contributed by atoms with Crippen molar-refractivity contribution in [2.45, 2.75) is 19.7 Å². The van der Waals surface area contributed by atoms with Crippen LogP contribution in [-0.2, 0) is 9.73 Å². The number of aromatic nitrogens is 3. The number of nitrogens with zero attached hydrogens (tertiary/aromatic N) is 3. The minimum Gasteiger partial charge on any atom is -0.272 e. The van der Waals surface area contributed by atoms with Crippen LogP contribution in [0.3, 0.4) is 0 Å². The largest absolute Gasteiger partial charge is 0.272 e. The van der Waals surface area contributed by atoms with E-state index in [4.69, 9.17) is 4.78 Å². The molecule has 2 aromatic heterocycles. The van der Waals surface area contributed by atoms with Gasteiger partial charge in [0.15, 0.2) is 0 Å². The van der Waals surface area contributed by atoms with Crippen molar-refractivity contribution in [3.8, 4) is 5.95 Å². The van der Waals surface area contributed by atoms with Gasteiger partial charge in [0.2, 0.25) is 5.95 Å². The lowest BCUT2D eigenvalue weighted by Crippen LogP contribution is -2.03. The van der Waals surface area contributed by atoms with Crippen molar-refractivity contribution in [2.24, 2.45) is 0 Å². The van der Waals surface area contributed by atoms with E-state index in [0.29, 0.717) is 15.7 Å². The number of fused-ring (bicyclic) bond motifs is 1. The molecule has 0 spiro atoms. The Morgan fingerprint density at radius 1 is 0.806 bits per heavy atom. The summed E-state index contributed by atoms with van der Waals surface area (Å²) in [4.78, 5) is 10.6. The van der Waals surface area contributed by atoms with Gasteiger partial charge in [-0.2, -0.15) is 0 Å². The average Bonchev–Trinajstić information content (AvgIpc) is 3.18. The van der Waals surface area contributed by atoms with E-state index in [-0.39, 0.29) is 0 Å². The summed E-state index contributed by atoms with van der Waals surface area (Å²) in [5, 5.41) is 1.95.